The molecule has 1 fully saturated rings. The van der Waals surface area contributed by atoms with Gasteiger partial charge < -0.3 is 15.4 Å². The molecule has 2 heterocycles. The smallest absolute Gasteiger partial charge is 0.315 e. The Morgan fingerprint density at radius 2 is 1.96 bits per heavy atom. The standard InChI is InChI=1S/C20H29N5O2/c1-20(2,24-9-11-27-12-10-24)16-22-19(26)21-14-17-5-3-6-18(13-17)15-25-8-4-7-23-25/h3-8,13H,9-12,14-16H2,1-2H3,(H2,21,22,26). The lowest BCUT2D eigenvalue weighted by molar-refractivity contribution is -0.00874. The van der Waals surface area contributed by atoms with Crippen molar-refractivity contribution in [1.82, 2.24) is 25.3 Å². The van der Waals surface area contributed by atoms with Crippen molar-refractivity contribution in [3.8, 4) is 0 Å². The van der Waals surface area contributed by atoms with Crippen LogP contribution in [0.5, 0.6) is 0 Å². The van der Waals surface area contributed by atoms with Crippen molar-refractivity contribution >= 4 is 6.03 Å². The lowest BCUT2D eigenvalue weighted by atomic mass is 10.0. The van der Waals surface area contributed by atoms with Crippen LogP contribution in [0.1, 0.15) is 25.0 Å². The van der Waals surface area contributed by atoms with E-state index in [0.717, 1.165) is 44.0 Å². The normalized spacial score (nSPS) is 15.5. The summed E-state index contributed by atoms with van der Waals surface area (Å²) in [6.07, 6.45) is 3.71. The first kappa shape index (κ1) is 19.4. The second-order valence-electron chi connectivity index (χ2n) is 7.47. The highest BCUT2D eigenvalue weighted by Gasteiger charge is 2.28. The van der Waals surface area contributed by atoms with Gasteiger partial charge in [-0.1, -0.05) is 24.3 Å². The predicted octanol–water partition coefficient (Wildman–Crippen LogP) is 1.84. The van der Waals surface area contributed by atoms with E-state index in [1.807, 2.05) is 29.1 Å². The highest BCUT2D eigenvalue weighted by atomic mass is 16.5. The Kier molecular flexibility index (Phi) is 6.47. The van der Waals surface area contributed by atoms with E-state index < -0.39 is 0 Å². The van der Waals surface area contributed by atoms with Crippen LogP contribution in [0, 0.1) is 0 Å². The Labute approximate surface area is 160 Å². The molecule has 1 aliphatic heterocycles. The van der Waals surface area contributed by atoms with Gasteiger partial charge in [-0.05, 0) is 31.0 Å². The highest BCUT2D eigenvalue weighted by molar-refractivity contribution is 5.73. The molecule has 146 valence electrons. The molecule has 2 aromatic rings. The third-order valence-electron chi connectivity index (χ3n) is 4.90. The average Bonchev–Trinajstić information content (AvgIpc) is 3.19. The van der Waals surface area contributed by atoms with Crippen LogP contribution in [0.2, 0.25) is 0 Å². The van der Waals surface area contributed by atoms with Gasteiger partial charge in [0, 0.05) is 44.1 Å². The van der Waals surface area contributed by atoms with Crippen LogP contribution in [-0.4, -0.2) is 59.1 Å². The van der Waals surface area contributed by atoms with Gasteiger partial charge in [-0.25, -0.2) is 4.79 Å². The maximum atomic E-state index is 12.2. The molecule has 0 spiro atoms. The van der Waals surface area contributed by atoms with Gasteiger partial charge in [0.25, 0.3) is 0 Å². The van der Waals surface area contributed by atoms with E-state index in [4.69, 9.17) is 4.74 Å². The molecule has 1 saturated heterocycles. The Morgan fingerprint density at radius 3 is 2.70 bits per heavy atom. The molecule has 7 nitrogen and oxygen atoms in total. The van der Waals surface area contributed by atoms with Crippen LogP contribution in [0.3, 0.4) is 0 Å². The second-order valence-corrected chi connectivity index (χ2v) is 7.47. The van der Waals surface area contributed by atoms with Gasteiger partial charge in [0.05, 0.1) is 19.8 Å². The quantitative estimate of drug-likeness (QED) is 0.779. The minimum atomic E-state index is -0.145. The molecule has 0 unspecified atom stereocenters. The number of benzene rings is 1. The van der Waals surface area contributed by atoms with Gasteiger partial charge in [0.1, 0.15) is 0 Å². The predicted molar refractivity (Wildman–Crippen MR) is 104 cm³/mol. The average molecular weight is 371 g/mol. The number of nitrogens with zero attached hydrogens (tertiary/aromatic N) is 3. The molecule has 0 atom stereocenters. The van der Waals surface area contributed by atoms with Crippen LogP contribution < -0.4 is 10.6 Å². The van der Waals surface area contributed by atoms with Gasteiger partial charge in [-0.3, -0.25) is 9.58 Å². The summed E-state index contributed by atoms with van der Waals surface area (Å²) in [5.74, 6) is 0. The topological polar surface area (TPSA) is 71.4 Å². The molecule has 1 aliphatic rings. The molecule has 0 radical (unpaired) electrons. The Bertz CT molecular complexity index is 724. The number of aromatic nitrogens is 2. The summed E-state index contributed by atoms with van der Waals surface area (Å²) in [5.41, 5.74) is 2.14. The van der Waals surface area contributed by atoms with Crippen molar-refractivity contribution in [2.45, 2.75) is 32.5 Å². The Hall–Kier alpha value is -2.38. The maximum Gasteiger partial charge on any atom is 0.315 e. The van der Waals surface area contributed by atoms with Gasteiger partial charge in [-0.15, -0.1) is 0 Å². The van der Waals surface area contributed by atoms with Crippen LogP contribution in [0.4, 0.5) is 4.79 Å². The molecule has 2 N–H and O–H groups in total. The minimum absolute atomic E-state index is 0.0925. The summed E-state index contributed by atoms with van der Waals surface area (Å²) < 4.78 is 7.29. The van der Waals surface area contributed by atoms with Crippen molar-refractivity contribution in [1.29, 1.82) is 0 Å². The fraction of sp³-hybridized carbons (Fsp3) is 0.500. The Morgan fingerprint density at radius 1 is 1.19 bits per heavy atom. The van der Waals surface area contributed by atoms with E-state index in [-0.39, 0.29) is 11.6 Å². The minimum Gasteiger partial charge on any atom is -0.379 e. The molecular formula is C20H29N5O2. The van der Waals surface area contributed by atoms with Gasteiger partial charge in [-0.2, -0.15) is 5.10 Å². The van der Waals surface area contributed by atoms with Crippen LogP contribution in [0.15, 0.2) is 42.7 Å². The molecule has 0 aliphatic carbocycles. The molecule has 1 aromatic heterocycles. The lowest BCUT2D eigenvalue weighted by Crippen LogP contribution is -2.56. The molecule has 0 saturated carbocycles. The lowest BCUT2D eigenvalue weighted by Gasteiger charge is -2.40. The van der Waals surface area contributed by atoms with E-state index in [9.17, 15) is 4.79 Å². The first-order valence-electron chi connectivity index (χ1n) is 9.43. The number of urea groups is 1. The first-order valence-corrected chi connectivity index (χ1v) is 9.43. The summed E-state index contributed by atoms with van der Waals surface area (Å²) in [6.45, 7) is 9.43. The summed E-state index contributed by atoms with van der Waals surface area (Å²) in [4.78, 5) is 14.6. The number of hydrogen-bond donors (Lipinski definition) is 2. The van der Waals surface area contributed by atoms with E-state index in [1.54, 1.807) is 6.20 Å². The zero-order chi connectivity index (χ0) is 19.1. The van der Waals surface area contributed by atoms with Crippen molar-refractivity contribution in [2.24, 2.45) is 0 Å². The molecule has 1 aromatic carbocycles. The van der Waals surface area contributed by atoms with E-state index in [2.05, 4.69) is 46.6 Å². The third kappa shape index (κ3) is 5.80. The number of carbonyl (C=O) groups excluding carboxylic acids is 1. The van der Waals surface area contributed by atoms with Crippen LogP contribution in [-0.2, 0) is 17.8 Å². The molecular weight excluding hydrogens is 342 g/mol. The van der Waals surface area contributed by atoms with Gasteiger partial charge in [0.15, 0.2) is 0 Å². The van der Waals surface area contributed by atoms with E-state index in [0.29, 0.717) is 13.1 Å². The number of rotatable bonds is 7. The van der Waals surface area contributed by atoms with Crippen molar-refractivity contribution in [2.75, 3.05) is 32.8 Å². The second kappa shape index (κ2) is 9.01. The van der Waals surface area contributed by atoms with Crippen molar-refractivity contribution in [3.05, 3.63) is 53.9 Å². The molecule has 7 heteroatoms. The highest BCUT2D eigenvalue weighted by Crippen LogP contribution is 2.15. The number of morpholine rings is 1. The monoisotopic (exact) mass is 371 g/mol. The molecule has 0 bridgehead atoms. The van der Waals surface area contributed by atoms with Crippen LogP contribution >= 0.6 is 0 Å². The summed E-state index contributed by atoms with van der Waals surface area (Å²) in [7, 11) is 0. The van der Waals surface area contributed by atoms with E-state index in [1.165, 1.54) is 0 Å². The summed E-state index contributed by atoms with van der Waals surface area (Å²) in [6, 6.07) is 9.96. The zero-order valence-electron chi connectivity index (χ0n) is 16.1. The van der Waals surface area contributed by atoms with Crippen LogP contribution in [0.25, 0.3) is 0 Å². The largest absolute Gasteiger partial charge is 0.379 e. The number of amides is 2. The molecule has 2 amide bonds. The molecule has 3 rings (SSSR count). The number of hydrogen-bond acceptors (Lipinski definition) is 4. The van der Waals surface area contributed by atoms with Crippen molar-refractivity contribution < 1.29 is 9.53 Å². The van der Waals surface area contributed by atoms with Gasteiger partial charge in [0.2, 0.25) is 0 Å². The third-order valence-corrected chi connectivity index (χ3v) is 4.90. The fourth-order valence-electron chi connectivity index (χ4n) is 3.24. The maximum absolute atomic E-state index is 12.2. The summed E-state index contributed by atoms with van der Waals surface area (Å²) >= 11 is 0. The van der Waals surface area contributed by atoms with E-state index >= 15 is 0 Å². The number of ether oxygens (including phenoxy) is 1. The van der Waals surface area contributed by atoms with Gasteiger partial charge >= 0.3 is 6.03 Å². The SMILES string of the molecule is CC(C)(CNC(=O)NCc1cccc(Cn2cccn2)c1)N1CCOCC1. The number of nitrogens with one attached hydrogen (secondary N) is 2. The molecule has 27 heavy (non-hydrogen) atoms. The fourth-order valence-corrected chi connectivity index (χ4v) is 3.24. The number of carbonyl (C=O) groups is 1. The summed E-state index contributed by atoms with van der Waals surface area (Å²) in [5, 5.41) is 10.2. The first-order chi connectivity index (χ1) is 13.0. The Balaban J connectivity index is 1.44. The zero-order valence-corrected chi connectivity index (χ0v) is 16.1. The van der Waals surface area contributed by atoms with Crippen molar-refractivity contribution in [3.63, 3.8) is 0 Å².